The second-order valence-corrected chi connectivity index (χ2v) is 6.72. The van der Waals surface area contributed by atoms with Crippen LogP contribution in [0.25, 0.3) is 0 Å². The van der Waals surface area contributed by atoms with Crippen LogP contribution in [0.5, 0.6) is 0 Å². The summed E-state index contributed by atoms with van der Waals surface area (Å²) in [5.74, 6) is -0.117. The molecule has 1 heterocycles. The van der Waals surface area contributed by atoms with Crippen LogP contribution >= 0.6 is 0 Å². The highest BCUT2D eigenvalue weighted by Crippen LogP contribution is 2.16. The molecule has 2 amide bonds. The molecule has 0 unspecified atom stereocenters. The third kappa shape index (κ3) is 4.09. The van der Waals surface area contributed by atoms with E-state index in [4.69, 9.17) is 5.26 Å². The van der Waals surface area contributed by atoms with Gasteiger partial charge >= 0.3 is 0 Å². The first-order chi connectivity index (χ1) is 13.0. The number of rotatable bonds is 3. The van der Waals surface area contributed by atoms with E-state index >= 15 is 0 Å². The van der Waals surface area contributed by atoms with E-state index in [2.05, 4.69) is 0 Å². The Kier molecular flexibility index (Phi) is 5.41. The van der Waals surface area contributed by atoms with Crippen LogP contribution in [0.15, 0.2) is 48.5 Å². The number of nitrogens with zero attached hydrogens (tertiary/aromatic N) is 4. The van der Waals surface area contributed by atoms with Gasteiger partial charge in [-0.05, 0) is 42.5 Å². The number of carbonyl (C=O) groups is 2. The van der Waals surface area contributed by atoms with E-state index in [1.807, 2.05) is 49.3 Å². The van der Waals surface area contributed by atoms with Crippen molar-refractivity contribution in [2.24, 2.45) is 0 Å². The van der Waals surface area contributed by atoms with Crippen molar-refractivity contribution in [1.82, 2.24) is 9.80 Å². The number of nitriles is 1. The normalized spacial score (nSPS) is 13.8. The lowest BCUT2D eigenvalue weighted by Gasteiger charge is -2.35. The smallest absolute Gasteiger partial charge is 0.254 e. The number of amides is 2. The molecule has 0 aliphatic carbocycles. The number of hydrogen-bond donors (Lipinski definition) is 0. The van der Waals surface area contributed by atoms with Crippen LogP contribution in [0, 0.1) is 11.3 Å². The molecular weight excluding hydrogens is 340 g/mol. The molecule has 0 N–H and O–H groups in total. The van der Waals surface area contributed by atoms with Gasteiger partial charge in [0, 0.05) is 57.1 Å². The van der Waals surface area contributed by atoms with Crippen molar-refractivity contribution >= 4 is 17.5 Å². The van der Waals surface area contributed by atoms with Gasteiger partial charge in [-0.15, -0.1) is 0 Å². The maximum absolute atomic E-state index is 12.7. The third-order valence-electron chi connectivity index (χ3n) is 4.72. The highest BCUT2D eigenvalue weighted by molar-refractivity contribution is 5.96. The monoisotopic (exact) mass is 362 g/mol. The highest BCUT2D eigenvalue weighted by atomic mass is 16.2. The van der Waals surface area contributed by atoms with Gasteiger partial charge in [-0.1, -0.05) is 6.07 Å². The van der Waals surface area contributed by atoms with E-state index in [0.29, 0.717) is 42.9 Å². The topological polar surface area (TPSA) is 67.7 Å². The lowest BCUT2D eigenvalue weighted by Crippen LogP contribution is -2.50. The van der Waals surface area contributed by atoms with Crippen molar-refractivity contribution in [3.05, 3.63) is 65.2 Å². The maximum atomic E-state index is 12.7. The fourth-order valence-corrected chi connectivity index (χ4v) is 3.10. The molecule has 3 rings (SSSR count). The van der Waals surface area contributed by atoms with Crippen LogP contribution in [0.4, 0.5) is 5.69 Å². The molecule has 0 radical (unpaired) electrons. The van der Waals surface area contributed by atoms with Crippen molar-refractivity contribution in [1.29, 1.82) is 5.26 Å². The van der Waals surface area contributed by atoms with E-state index in [9.17, 15) is 9.59 Å². The van der Waals surface area contributed by atoms with E-state index in [1.54, 1.807) is 34.1 Å². The Morgan fingerprint density at radius 1 is 0.889 bits per heavy atom. The Balaban J connectivity index is 1.62. The molecular formula is C21H22N4O2. The Hall–Kier alpha value is -3.33. The predicted octanol–water partition coefficient (Wildman–Crippen LogP) is 2.22. The van der Waals surface area contributed by atoms with Crippen LogP contribution in [-0.4, -0.2) is 61.9 Å². The van der Waals surface area contributed by atoms with E-state index in [-0.39, 0.29) is 11.8 Å². The van der Waals surface area contributed by atoms with Crippen molar-refractivity contribution in [2.75, 3.05) is 45.2 Å². The molecule has 0 atom stereocenters. The van der Waals surface area contributed by atoms with Crippen molar-refractivity contribution < 1.29 is 9.59 Å². The zero-order chi connectivity index (χ0) is 19.4. The second-order valence-electron chi connectivity index (χ2n) is 6.72. The largest absolute Gasteiger partial charge is 0.378 e. The SMILES string of the molecule is CN(C)c1ccc(C(=O)N2CCN(C(=O)c3cccc(C#N)c3)CC2)cc1. The lowest BCUT2D eigenvalue weighted by molar-refractivity contribution is 0.0535. The molecule has 0 aromatic heterocycles. The molecule has 27 heavy (non-hydrogen) atoms. The zero-order valence-electron chi connectivity index (χ0n) is 15.6. The molecule has 1 aliphatic rings. The molecule has 6 nitrogen and oxygen atoms in total. The summed E-state index contributed by atoms with van der Waals surface area (Å²) in [6.45, 7) is 1.96. The molecule has 1 fully saturated rings. The van der Waals surface area contributed by atoms with Crippen LogP contribution in [0.1, 0.15) is 26.3 Å². The number of benzene rings is 2. The Morgan fingerprint density at radius 2 is 1.44 bits per heavy atom. The summed E-state index contributed by atoms with van der Waals surface area (Å²) in [4.78, 5) is 30.8. The van der Waals surface area contributed by atoms with Gasteiger partial charge in [0.1, 0.15) is 0 Å². The third-order valence-corrected chi connectivity index (χ3v) is 4.72. The molecule has 138 valence electrons. The van der Waals surface area contributed by atoms with E-state index in [0.717, 1.165) is 5.69 Å². The van der Waals surface area contributed by atoms with Crippen LogP contribution < -0.4 is 4.90 Å². The molecule has 0 saturated carbocycles. The maximum Gasteiger partial charge on any atom is 0.254 e. The van der Waals surface area contributed by atoms with Crippen LogP contribution in [0.3, 0.4) is 0 Å². The molecule has 2 aromatic rings. The fourth-order valence-electron chi connectivity index (χ4n) is 3.10. The lowest BCUT2D eigenvalue weighted by atomic mass is 10.1. The standard InChI is InChI=1S/C21H22N4O2/c1-23(2)19-8-6-17(7-9-19)20(26)24-10-12-25(13-11-24)21(27)18-5-3-4-16(14-18)15-22/h3-9,14H,10-13H2,1-2H3. The molecule has 0 bridgehead atoms. The fraction of sp³-hybridized carbons (Fsp3) is 0.286. The molecule has 1 saturated heterocycles. The van der Waals surface area contributed by atoms with Gasteiger partial charge in [0.05, 0.1) is 11.6 Å². The average molecular weight is 362 g/mol. The van der Waals surface area contributed by atoms with Gasteiger partial charge in [0.15, 0.2) is 0 Å². The molecule has 2 aromatic carbocycles. The van der Waals surface area contributed by atoms with Gasteiger partial charge in [-0.2, -0.15) is 5.26 Å². The minimum atomic E-state index is -0.102. The summed E-state index contributed by atoms with van der Waals surface area (Å²) in [6, 6.07) is 16.3. The minimum Gasteiger partial charge on any atom is -0.378 e. The predicted molar refractivity (Wildman–Crippen MR) is 104 cm³/mol. The first kappa shape index (κ1) is 18.5. The van der Waals surface area contributed by atoms with Crippen molar-refractivity contribution in [3.8, 4) is 6.07 Å². The number of anilines is 1. The first-order valence-electron chi connectivity index (χ1n) is 8.85. The zero-order valence-corrected chi connectivity index (χ0v) is 15.6. The van der Waals surface area contributed by atoms with Crippen LogP contribution in [0.2, 0.25) is 0 Å². The summed E-state index contributed by atoms with van der Waals surface area (Å²) in [6.07, 6.45) is 0. The number of carbonyl (C=O) groups excluding carboxylic acids is 2. The van der Waals surface area contributed by atoms with Gasteiger partial charge in [0.2, 0.25) is 0 Å². The Bertz CT molecular complexity index is 876. The summed E-state index contributed by atoms with van der Waals surface area (Å²) in [5.41, 5.74) is 2.67. The number of hydrogen-bond acceptors (Lipinski definition) is 4. The minimum absolute atomic E-state index is 0.0149. The Morgan fingerprint density at radius 3 is 1.96 bits per heavy atom. The van der Waals surface area contributed by atoms with Crippen molar-refractivity contribution in [3.63, 3.8) is 0 Å². The summed E-state index contributed by atoms with van der Waals surface area (Å²) >= 11 is 0. The average Bonchev–Trinajstić information content (AvgIpc) is 2.73. The molecule has 1 aliphatic heterocycles. The van der Waals surface area contributed by atoms with Gasteiger partial charge in [0.25, 0.3) is 11.8 Å². The Labute approximate surface area is 159 Å². The van der Waals surface area contributed by atoms with Gasteiger partial charge < -0.3 is 14.7 Å². The van der Waals surface area contributed by atoms with E-state index in [1.165, 1.54) is 0 Å². The highest BCUT2D eigenvalue weighted by Gasteiger charge is 2.25. The second kappa shape index (κ2) is 7.92. The summed E-state index contributed by atoms with van der Waals surface area (Å²) < 4.78 is 0. The van der Waals surface area contributed by atoms with E-state index < -0.39 is 0 Å². The summed E-state index contributed by atoms with van der Waals surface area (Å²) in [5, 5.41) is 8.98. The number of piperazine rings is 1. The van der Waals surface area contributed by atoms with Gasteiger partial charge in [-0.3, -0.25) is 9.59 Å². The van der Waals surface area contributed by atoms with Gasteiger partial charge in [-0.25, -0.2) is 0 Å². The van der Waals surface area contributed by atoms with Crippen molar-refractivity contribution in [2.45, 2.75) is 0 Å². The summed E-state index contributed by atoms with van der Waals surface area (Å²) in [7, 11) is 3.92. The molecule has 6 heteroatoms. The quantitative estimate of drug-likeness (QED) is 0.840. The molecule has 0 spiro atoms. The first-order valence-corrected chi connectivity index (χ1v) is 8.85. The van der Waals surface area contributed by atoms with Crippen LogP contribution in [-0.2, 0) is 0 Å².